The predicted molar refractivity (Wildman–Crippen MR) is 56.7 cm³/mol. The first kappa shape index (κ1) is 11.2. The number of aliphatic hydroxyl groups is 1. The van der Waals surface area contributed by atoms with Gasteiger partial charge in [-0.1, -0.05) is 0 Å². The Kier molecular flexibility index (Phi) is 2.74. The van der Waals surface area contributed by atoms with Crippen LogP contribution in [0.1, 0.15) is 33.1 Å². The lowest BCUT2D eigenvalue weighted by molar-refractivity contribution is -0.152. The van der Waals surface area contributed by atoms with Gasteiger partial charge >= 0.3 is 5.97 Å². The summed E-state index contributed by atoms with van der Waals surface area (Å²) in [6, 6.07) is 0. The number of Topliss-reactive ketones (excluding diaryl/α,β-unsaturated/α-hetero) is 1. The standard InChI is InChI=1S/C12H16O4/c1-6(13)11-8-3-4-9(12(11)15)10(5-8)16-7(2)14/h8-10,15H,3-5H2,1-2H3/t8-,9+,10-/m0/s1. The summed E-state index contributed by atoms with van der Waals surface area (Å²) in [5.41, 5.74) is 0.555. The second kappa shape index (κ2) is 3.92. The van der Waals surface area contributed by atoms with Crippen LogP contribution in [0.3, 0.4) is 0 Å². The molecule has 0 aromatic rings. The number of hydrogen-bond donors (Lipinski definition) is 1. The number of fused-ring (bicyclic) bond motifs is 2. The molecule has 3 rings (SSSR count). The Hall–Kier alpha value is -1.32. The Bertz CT molecular complexity index is 369. The van der Waals surface area contributed by atoms with Crippen molar-refractivity contribution in [3.05, 3.63) is 11.3 Å². The molecule has 1 N–H and O–H groups in total. The molecule has 3 atom stereocenters. The van der Waals surface area contributed by atoms with E-state index in [0.717, 1.165) is 12.8 Å². The second-order valence-corrected chi connectivity index (χ2v) is 4.62. The quantitative estimate of drug-likeness (QED) is 0.726. The van der Waals surface area contributed by atoms with Gasteiger partial charge in [-0.2, -0.15) is 0 Å². The van der Waals surface area contributed by atoms with Crippen LogP contribution in [0.2, 0.25) is 0 Å². The van der Waals surface area contributed by atoms with Crippen LogP contribution in [0.25, 0.3) is 0 Å². The number of hydrogen-bond acceptors (Lipinski definition) is 4. The Labute approximate surface area is 94.3 Å². The van der Waals surface area contributed by atoms with Crippen molar-refractivity contribution in [2.45, 2.75) is 39.2 Å². The molecule has 1 fully saturated rings. The molecular formula is C12H16O4. The lowest BCUT2D eigenvalue weighted by Crippen LogP contribution is -2.41. The molecule has 0 heterocycles. The molecule has 1 saturated carbocycles. The van der Waals surface area contributed by atoms with Gasteiger partial charge < -0.3 is 9.84 Å². The van der Waals surface area contributed by atoms with E-state index in [2.05, 4.69) is 0 Å². The fourth-order valence-corrected chi connectivity index (χ4v) is 2.92. The number of carbonyl (C=O) groups is 2. The molecule has 0 aromatic heterocycles. The van der Waals surface area contributed by atoms with Gasteiger partial charge in [-0.05, 0) is 32.1 Å². The normalized spacial score (nSPS) is 32.8. The largest absolute Gasteiger partial charge is 0.511 e. The molecule has 16 heavy (non-hydrogen) atoms. The van der Waals surface area contributed by atoms with E-state index in [4.69, 9.17) is 4.74 Å². The van der Waals surface area contributed by atoms with E-state index in [9.17, 15) is 14.7 Å². The lowest BCUT2D eigenvalue weighted by Gasteiger charge is -2.41. The van der Waals surface area contributed by atoms with Gasteiger partial charge in [0.05, 0.1) is 5.92 Å². The van der Waals surface area contributed by atoms with Crippen LogP contribution in [0.4, 0.5) is 0 Å². The fraction of sp³-hybridized carbons (Fsp3) is 0.667. The Balaban J connectivity index is 2.26. The molecule has 0 radical (unpaired) electrons. The molecule has 0 saturated heterocycles. The molecule has 2 bridgehead atoms. The topological polar surface area (TPSA) is 63.6 Å². The number of ketones is 1. The van der Waals surface area contributed by atoms with E-state index in [1.165, 1.54) is 13.8 Å². The van der Waals surface area contributed by atoms with E-state index in [1.807, 2.05) is 0 Å². The van der Waals surface area contributed by atoms with Gasteiger partial charge in [-0.25, -0.2) is 0 Å². The van der Waals surface area contributed by atoms with Crippen molar-refractivity contribution >= 4 is 11.8 Å². The van der Waals surface area contributed by atoms with Gasteiger partial charge in [-0.3, -0.25) is 9.59 Å². The molecule has 4 nitrogen and oxygen atoms in total. The van der Waals surface area contributed by atoms with E-state index in [-0.39, 0.29) is 35.5 Å². The summed E-state index contributed by atoms with van der Waals surface area (Å²) >= 11 is 0. The summed E-state index contributed by atoms with van der Waals surface area (Å²) in [7, 11) is 0. The van der Waals surface area contributed by atoms with Gasteiger partial charge in [-0.15, -0.1) is 0 Å². The molecule has 0 unspecified atom stereocenters. The van der Waals surface area contributed by atoms with Crippen molar-refractivity contribution in [2.75, 3.05) is 0 Å². The van der Waals surface area contributed by atoms with E-state index < -0.39 is 0 Å². The van der Waals surface area contributed by atoms with Gasteiger partial charge in [0.2, 0.25) is 0 Å². The first-order valence-electron chi connectivity index (χ1n) is 5.62. The highest BCUT2D eigenvalue weighted by Gasteiger charge is 2.44. The fourth-order valence-electron chi connectivity index (χ4n) is 2.92. The molecular weight excluding hydrogens is 208 g/mol. The zero-order valence-corrected chi connectivity index (χ0v) is 9.53. The minimum Gasteiger partial charge on any atom is -0.511 e. The summed E-state index contributed by atoms with van der Waals surface area (Å²) in [6.07, 6.45) is 2.12. The van der Waals surface area contributed by atoms with Crippen LogP contribution >= 0.6 is 0 Å². The van der Waals surface area contributed by atoms with Crippen LogP contribution in [0.5, 0.6) is 0 Å². The first-order chi connectivity index (χ1) is 7.50. The number of carbonyl (C=O) groups excluding carboxylic acids is 2. The molecule has 3 aliphatic carbocycles. The van der Waals surface area contributed by atoms with Gasteiger partial charge in [0.25, 0.3) is 0 Å². The van der Waals surface area contributed by atoms with E-state index >= 15 is 0 Å². The number of esters is 1. The minimum absolute atomic E-state index is 0.0616. The Morgan fingerprint density at radius 3 is 2.50 bits per heavy atom. The van der Waals surface area contributed by atoms with E-state index in [0.29, 0.717) is 12.0 Å². The Morgan fingerprint density at radius 1 is 1.31 bits per heavy atom. The number of allylic oxidation sites excluding steroid dienone is 1. The lowest BCUT2D eigenvalue weighted by atomic mass is 9.67. The highest BCUT2D eigenvalue weighted by atomic mass is 16.5. The smallest absolute Gasteiger partial charge is 0.302 e. The summed E-state index contributed by atoms with van der Waals surface area (Å²) in [6.45, 7) is 2.85. The molecule has 0 aromatic carbocycles. The van der Waals surface area contributed by atoms with Gasteiger partial charge in [0, 0.05) is 12.5 Å². The van der Waals surface area contributed by atoms with Crippen molar-refractivity contribution < 1.29 is 19.4 Å². The maximum Gasteiger partial charge on any atom is 0.302 e. The predicted octanol–water partition coefficient (Wildman–Crippen LogP) is 1.75. The zero-order chi connectivity index (χ0) is 11.9. The molecule has 0 aliphatic heterocycles. The number of rotatable bonds is 2. The van der Waals surface area contributed by atoms with Crippen LogP contribution in [0.15, 0.2) is 11.3 Å². The third-order valence-electron chi connectivity index (χ3n) is 3.52. The molecule has 4 heteroatoms. The molecule has 0 amide bonds. The average molecular weight is 224 g/mol. The molecule has 0 spiro atoms. The van der Waals surface area contributed by atoms with Crippen molar-refractivity contribution in [2.24, 2.45) is 11.8 Å². The van der Waals surface area contributed by atoms with Gasteiger partial charge in [0.1, 0.15) is 11.9 Å². The van der Waals surface area contributed by atoms with Crippen LogP contribution in [0, 0.1) is 11.8 Å². The SMILES string of the molecule is CC(=O)O[C@H]1C[C@@H]2CC[C@H]1C(O)=C2C(C)=O. The third kappa shape index (κ3) is 1.72. The van der Waals surface area contributed by atoms with Crippen LogP contribution < -0.4 is 0 Å². The maximum absolute atomic E-state index is 11.4. The summed E-state index contributed by atoms with van der Waals surface area (Å²) in [5, 5.41) is 9.98. The maximum atomic E-state index is 11.4. The van der Waals surface area contributed by atoms with Crippen molar-refractivity contribution in [1.82, 2.24) is 0 Å². The van der Waals surface area contributed by atoms with Crippen molar-refractivity contribution in [1.29, 1.82) is 0 Å². The number of ether oxygens (including phenoxy) is 1. The van der Waals surface area contributed by atoms with Crippen LogP contribution in [-0.2, 0) is 14.3 Å². The number of aliphatic hydroxyl groups excluding tert-OH is 1. The highest BCUT2D eigenvalue weighted by Crippen LogP contribution is 2.45. The summed E-state index contributed by atoms with van der Waals surface area (Å²) in [4.78, 5) is 22.3. The third-order valence-corrected chi connectivity index (χ3v) is 3.52. The first-order valence-corrected chi connectivity index (χ1v) is 5.62. The van der Waals surface area contributed by atoms with Crippen LogP contribution in [-0.4, -0.2) is 23.0 Å². The van der Waals surface area contributed by atoms with Crippen molar-refractivity contribution in [3.63, 3.8) is 0 Å². The average Bonchev–Trinajstić information content (AvgIpc) is 2.16. The summed E-state index contributed by atoms with van der Waals surface area (Å²) < 4.78 is 5.18. The molecule has 3 aliphatic rings. The zero-order valence-electron chi connectivity index (χ0n) is 9.53. The Morgan fingerprint density at radius 2 is 2.00 bits per heavy atom. The van der Waals surface area contributed by atoms with Crippen molar-refractivity contribution in [3.8, 4) is 0 Å². The monoisotopic (exact) mass is 224 g/mol. The molecule has 88 valence electrons. The van der Waals surface area contributed by atoms with E-state index in [1.54, 1.807) is 0 Å². The minimum atomic E-state index is -0.324. The summed E-state index contributed by atoms with van der Waals surface area (Å²) in [5.74, 6) is -0.343. The second-order valence-electron chi connectivity index (χ2n) is 4.62. The van der Waals surface area contributed by atoms with Gasteiger partial charge in [0.15, 0.2) is 5.78 Å². The highest BCUT2D eigenvalue weighted by molar-refractivity contribution is 5.94.